The molecule has 2 N–H and O–H groups in total. The largest absolute Gasteiger partial charge is 0.486 e. The third kappa shape index (κ3) is 9.07. The van der Waals surface area contributed by atoms with E-state index in [4.69, 9.17) is 4.74 Å². The first-order valence-electron chi connectivity index (χ1n) is 7.71. The fourth-order valence-electron chi connectivity index (χ4n) is 2.00. The maximum absolute atomic E-state index is 11.8. The van der Waals surface area contributed by atoms with Crippen molar-refractivity contribution in [3.05, 3.63) is 45.9 Å². The van der Waals surface area contributed by atoms with Crippen molar-refractivity contribution in [1.82, 2.24) is 15.6 Å². The molecule has 8 heteroatoms. The average Bonchev–Trinajstić information content (AvgIpc) is 2.98. The van der Waals surface area contributed by atoms with E-state index in [0.717, 1.165) is 29.4 Å². The molecule has 1 aromatic heterocycles. The second kappa shape index (κ2) is 12.9. The Labute approximate surface area is 165 Å². The van der Waals surface area contributed by atoms with Gasteiger partial charge in [-0.2, -0.15) is 0 Å². The summed E-state index contributed by atoms with van der Waals surface area (Å²) in [4.78, 5) is 16.2. The van der Waals surface area contributed by atoms with E-state index in [-0.39, 0.29) is 30.7 Å². The number of rotatable bonds is 9. The first kappa shape index (κ1) is 23.7. The van der Waals surface area contributed by atoms with E-state index >= 15 is 0 Å². The third-order valence-corrected chi connectivity index (χ3v) is 4.12. The van der Waals surface area contributed by atoms with Crippen molar-refractivity contribution in [2.75, 3.05) is 20.1 Å². The monoisotopic (exact) mass is 405 g/mol. The van der Waals surface area contributed by atoms with Gasteiger partial charge in [0, 0.05) is 11.9 Å². The second-order valence-electron chi connectivity index (χ2n) is 5.32. The summed E-state index contributed by atoms with van der Waals surface area (Å²) in [6, 6.07) is 7.92. The van der Waals surface area contributed by atoms with Crippen molar-refractivity contribution in [3.63, 3.8) is 0 Å². The molecule has 0 atom stereocenters. The van der Waals surface area contributed by atoms with Crippen molar-refractivity contribution in [2.24, 2.45) is 0 Å². The predicted octanol–water partition coefficient (Wildman–Crippen LogP) is 3.14. The van der Waals surface area contributed by atoms with Crippen LogP contribution in [0.5, 0.6) is 5.75 Å². The highest BCUT2D eigenvalue weighted by molar-refractivity contribution is 7.09. The van der Waals surface area contributed by atoms with Gasteiger partial charge in [0.25, 0.3) is 0 Å². The smallest absolute Gasteiger partial charge is 0.226 e. The van der Waals surface area contributed by atoms with Gasteiger partial charge in [-0.25, -0.2) is 4.98 Å². The minimum absolute atomic E-state index is 0. The minimum Gasteiger partial charge on any atom is -0.486 e. The van der Waals surface area contributed by atoms with Gasteiger partial charge in [0.2, 0.25) is 5.91 Å². The summed E-state index contributed by atoms with van der Waals surface area (Å²) in [5.41, 5.74) is 2.00. The summed E-state index contributed by atoms with van der Waals surface area (Å²) in [5.74, 6) is 0.840. The van der Waals surface area contributed by atoms with Gasteiger partial charge in [-0.05, 0) is 39.1 Å². The molecule has 0 aliphatic carbocycles. The van der Waals surface area contributed by atoms with Crippen LogP contribution in [-0.4, -0.2) is 31.0 Å². The fraction of sp³-hybridized carbons (Fsp3) is 0.412. The SMILES string of the molecule is CNCCCNC(=O)Cc1csc(COc2ccc(C)cc2)n1.Cl.Cl. The van der Waals surface area contributed by atoms with Crippen LogP contribution in [0.25, 0.3) is 0 Å². The number of ether oxygens (including phenoxy) is 1. The molecule has 1 aromatic carbocycles. The summed E-state index contributed by atoms with van der Waals surface area (Å²) in [6.45, 7) is 4.06. The lowest BCUT2D eigenvalue weighted by Crippen LogP contribution is -2.28. The normalized spacial score (nSPS) is 9.68. The molecule has 0 radical (unpaired) electrons. The molecule has 0 saturated heterocycles. The maximum Gasteiger partial charge on any atom is 0.226 e. The Kier molecular flexibility index (Phi) is 12.2. The summed E-state index contributed by atoms with van der Waals surface area (Å²) < 4.78 is 5.70. The summed E-state index contributed by atoms with van der Waals surface area (Å²) in [7, 11) is 1.90. The number of carbonyl (C=O) groups excluding carboxylic acids is 1. The highest BCUT2D eigenvalue weighted by atomic mass is 35.5. The quantitative estimate of drug-likeness (QED) is 0.628. The number of benzene rings is 1. The van der Waals surface area contributed by atoms with Crippen molar-refractivity contribution in [3.8, 4) is 5.75 Å². The van der Waals surface area contributed by atoms with Crippen LogP contribution in [0.4, 0.5) is 0 Å². The molecule has 1 amide bonds. The standard InChI is InChI=1S/C17H23N3O2S.2ClH/c1-13-4-6-15(7-5-13)22-11-17-20-14(12-23-17)10-16(21)19-9-3-8-18-2;;/h4-7,12,18H,3,8-11H2,1-2H3,(H,19,21);2*1H. The number of hydrogen-bond donors (Lipinski definition) is 2. The fourth-order valence-corrected chi connectivity index (χ4v) is 2.70. The average molecular weight is 406 g/mol. The van der Waals surface area contributed by atoms with E-state index < -0.39 is 0 Å². The molecule has 0 aliphatic heterocycles. The van der Waals surface area contributed by atoms with Gasteiger partial charge >= 0.3 is 0 Å². The second-order valence-corrected chi connectivity index (χ2v) is 6.26. The van der Waals surface area contributed by atoms with Gasteiger partial charge in [0.05, 0.1) is 12.1 Å². The molecule has 0 bridgehead atoms. The molecule has 2 aromatic rings. The zero-order valence-corrected chi connectivity index (χ0v) is 16.9. The molecule has 0 spiro atoms. The van der Waals surface area contributed by atoms with Crippen LogP contribution in [-0.2, 0) is 17.8 Å². The molecule has 25 heavy (non-hydrogen) atoms. The first-order valence-corrected chi connectivity index (χ1v) is 8.59. The minimum atomic E-state index is 0. The molecule has 0 aliphatic rings. The Morgan fingerprint density at radius 1 is 1.20 bits per heavy atom. The molecule has 140 valence electrons. The van der Waals surface area contributed by atoms with Crippen LogP contribution in [0.3, 0.4) is 0 Å². The number of nitrogens with zero attached hydrogens (tertiary/aromatic N) is 1. The lowest BCUT2D eigenvalue weighted by Gasteiger charge is -2.04. The molecule has 1 heterocycles. The van der Waals surface area contributed by atoms with E-state index in [9.17, 15) is 4.79 Å². The van der Waals surface area contributed by atoms with Gasteiger partial charge in [0.1, 0.15) is 17.4 Å². The van der Waals surface area contributed by atoms with Gasteiger partial charge in [0.15, 0.2) is 0 Å². The van der Waals surface area contributed by atoms with Crippen LogP contribution < -0.4 is 15.4 Å². The van der Waals surface area contributed by atoms with Gasteiger partial charge in [-0.3, -0.25) is 4.79 Å². The Bertz CT molecular complexity index is 621. The molecular weight excluding hydrogens is 381 g/mol. The van der Waals surface area contributed by atoms with Crippen LogP contribution >= 0.6 is 36.2 Å². The number of thiazole rings is 1. The van der Waals surface area contributed by atoms with Crippen LogP contribution in [0.1, 0.15) is 22.7 Å². The van der Waals surface area contributed by atoms with E-state index in [1.807, 2.05) is 43.6 Å². The number of halogens is 2. The van der Waals surface area contributed by atoms with Crippen molar-refractivity contribution in [2.45, 2.75) is 26.4 Å². The summed E-state index contributed by atoms with van der Waals surface area (Å²) in [6.07, 6.45) is 1.25. The highest BCUT2D eigenvalue weighted by Gasteiger charge is 2.08. The number of hydrogen-bond acceptors (Lipinski definition) is 5. The lowest BCUT2D eigenvalue weighted by atomic mass is 10.2. The third-order valence-electron chi connectivity index (χ3n) is 3.25. The van der Waals surface area contributed by atoms with E-state index in [0.29, 0.717) is 19.6 Å². The predicted molar refractivity (Wildman–Crippen MR) is 107 cm³/mol. The number of aryl methyl sites for hydroxylation is 1. The summed E-state index contributed by atoms with van der Waals surface area (Å²) >= 11 is 1.52. The van der Waals surface area contributed by atoms with Gasteiger partial charge < -0.3 is 15.4 Å². The Hall–Kier alpha value is -1.34. The number of amides is 1. The van der Waals surface area contributed by atoms with Crippen molar-refractivity contribution >= 4 is 42.1 Å². The highest BCUT2D eigenvalue weighted by Crippen LogP contribution is 2.16. The number of carbonyl (C=O) groups is 1. The Morgan fingerprint density at radius 3 is 2.60 bits per heavy atom. The topological polar surface area (TPSA) is 63.2 Å². The van der Waals surface area contributed by atoms with Crippen LogP contribution in [0.15, 0.2) is 29.6 Å². The molecule has 2 rings (SSSR count). The van der Waals surface area contributed by atoms with E-state index in [2.05, 4.69) is 15.6 Å². The first-order chi connectivity index (χ1) is 11.2. The number of aromatic nitrogens is 1. The van der Waals surface area contributed by atoms with Crippen molar-refractivity contribution < 1.29 is 9.53 Å². The summed E-state index contributed by atoms with van der Waals surface area (Å²) in [5, 5.41) is 8.74. The van der Waals surface area contributed by atoms with Crippen LogP contribution in [0.2, 0.25) is 0 Å². The maximum atomic E-state index is 11.8. The molecule has 5 nitrogen and oxygen atoms in total. The van der Waals surface area contributed by atoms with Crippen LogP contribution in [0, 0.1) is 6.92 Å². The van der Waals surface area contributed by atoms with Crippen molar-refractivity contribution in [1.29, 1.82) is 0 Å². The van der Waals surface area contributed by atoms with Gasteiger partial charge in [-0.15, -0.1) is 36.2 Å². The zero-order chi connectivity index (χ0) is 16.5. The lowest BCUT2D eigenvalue weighted by molar-refractivity contribution is -0.120. The molecule has 0 unspecified atom stereocenters. The van der Waals surface area contributed by atoms with Gasteiger partial charge in [-0.1, -0.05) is 17.7 Å². The zero-order valence-electron chi connectivity index (χ0n) is 14.4. The number of nitrogens with one attached hydrogen (secondary N) is 2. The Morgan fingerprint density at radius 2 is 1.92 bits per heavy atom. The Balaban J connectivity index is 0.00000288. The molecule has 0 fully saturated rings. The molecule has 0 saturated carbocycles. The molecular formula is C17H25Cl2N3O2S. The van der Waals surface area contributed by atoms with E-state index in [1.54, 1.807) is 0 Å². The van der Waals surface area contributed by atoms with E-state index in [1.165, 1.54) is 16.9 Å².